The van der Waals surface area contributed by atoms with Crippen LogP contribution in [0.25, 0.3) is 0 Å². The van der Waals surface area contributed by atoms with Crippen LogP contribution >= 0.6 is 0 Å². The highest BCUT2D eigenvalue weighted by Gasteiger charge is 2.27. The van der Waals surface area contributed by atoms with Gasteiger partial charge in [-0.25, -0.2) is 0 Å². The van der Waals surface area contributed by atoms with Crippen molar-refractivity contribution in [3.8, 4) is 0 Å². The van der Waals surface area contributed by atoms with E-state index in [1.807, 2.05) is 30.3 Å². The second kappa shape index (κ2) is 4.96. The van der Waals surface area contributed by atoms with E-state index in [0.29, 0.717) is 5.92 Å². The zero-order valence-electron chi connectivity index (χ0n) is 9.47. The lowest BCUT2D eigenvalue weighted by molar-refractivity contribution is -0.142. The van der Waals surface area contributed by atoms with Gasteiger partial charge in [-0.05, 0) is 17.4 Å². The number of hydrogen-bond donors (Lipinski definition) is 1. The zero-order chi connectivity index (χ0) is 11.4. The molecule has 0 aliphatic heterocycles. The quantitative estimate of drug-likeness (QED) is 0.821. The molecule has 0 radical (unpaired) electrons. The second-order valence-corrected chi connectivity index (χ2v) is 4.31. The van der Waals surface area contributed by atoms with Gasteiger partial charge in [0.25, 0.3) is 0 Å². The Balaban J connectivity index is 2.99. The van der Waals surface area contributed by atoms with Gasteiger partial charge in [-0.3, -0.25) is 4.79 Å². The minimum Gasteiger partial charge on any atom is -0.481 e. The summed E-state index contributed by atoms with van der Waals surface area (Å²) < 4.78 is 0. The first-order chi connectivity index (χ1) is 7.04. The van der Waals surface area contributed by atoms with Gasteiger partial charge < -0.3 is 5.11 Å². The fourth-order valence-electron chi connectivity index (χ4n) is 2.08. The summed E-state index contributed by atoms with van der Waals surface area (Å²) in [5.41, 5.74) is 1.11. The van der Waals surface area contributed by atoms with Gasteiger partial charge in [-0.15, -0.1) is 0 Å². The van der Waals surface area contributed by atoms with Crippen molar-refractivity contribution in [3.05, 3.63) is 35.9 Å². The zero-order valence-corrected chi connectivity index (χ0v) is 9.47. The Kier molecular flexibility index (Phi) is 3.89. The van der Waals surface area contributed by atoms with Crippen LogP contribution in [-0.2, 0) is 4.79 Å². The maximum absolute atomic E-state index is 11.0. The van der Waals surface area contributed by atoms with Crippen LogP contribution in [0.4, 0.5) is 0 Å². The lowest BCUT2D eigenvalue weighted by Gasteiger charge is -2.25. The second-order valence-electron chi connectivity index (χ2n) is 4.31. The predicted molar refractivity (Wildman–Crippen MR) is 60.8 cm³/mol. The molecule has 0 aliphatic carbocycles. The Hall–Kier alpha value is -1.31. The van der Waals surface area contributed by atoms with Crippen molar-refractivity contribution in [2.75, 3.05) is 0 Å². The minimum atomic E-state index is -0.724. The van der Waals surface area contributed by atoms with Gasteiger partial charge in [0.1, 0.15) is 0 Å². The molecule has 0 saturated carbocycles. The van der Waals surface area contributed by atoms with E-state index in [0.717, 1.165) is 5.56 Å². The Morgan fingerprint density at radius 1 is 1.13 bits per heavy atom. The van der Waals surface area contributed by atoms with Crippen LogP contribution in [0.5, 0.6) is 0 Å². The fraction of sp³-hybridized carbons (Fsp3) is 0.462. The van der Waals surface area contributed by atoms with Crippen LogP contribution in [0.2, 0.25) is 0 Å². The molecule has 0 amide bonds. The summed E-state index contributed by atoms with van der Waals surface area (Å²) in [5, 5.41) is 9.06. The van der Waals surface area contributed by atoms with Crippen LogP contribution in [0.3, 0.4) is 0 Å². The number of carboxylic acid groups (broad SMARTS) is 1. The molecule has 1 aromatic rings. The van der Waals surface area contributed by atoms with Crippen LogP contribution in [0, 0.1) is 11.8 Å². The Morgan fingerprint density at radius 3 is 2.07 bits per heavy atom. The molecule has 2 atom stereocenters. The highest BCUT2D eigenvalue weighted by atomic mass is 16.4. The highest BCUT2D eigenvalue weighted by Crippen LogP contribution is 2.31. The molecule has 0 aliphatic rings. The first kappa shape index (κ1) is 11.8. The van der Waals surface area contributed by atoms with Gasteiger partial charge in [0.15, 0.2) is 0 Å². The maximum Gasteiger partial charge on any atom is 0.306 e. The molecule has 1 aromatic carbocycles. The van der Waals surface area contributed by atoms with Crippen LogP contribution in [-0.4, -0.2) is 11.1 Å². The molecule has 1 rings (SSSR count). The molecule has 82 valence electrons. The molecular weight excluding hydrogens is 188 g/mol. The molecule has 0 spiro atoms. The normalized spacial score (nSPS) is 14.9. The van der Waals surface area contributed by atoms with E-state index in [4.69, 9.17) is 5.11 Å². The molecule has 0 fully saturated rings. The number of aliphatic carboxylic acids is 1. The third-order valence-electron chi connectivity index (χ3n) is 2.83. The van der Waals surface area contributed by atoms with Crippen LogP contribution < -0.4 is 0 Å². The summed E-state index contributed by atoms with van der Waals surface area (Å²) in [6.07, 6.45) is 0. The Labute approximate surface area is 90.9 Å². The number of carbonyl (C=O) groups is 1. The van der Waals surface area contributed by atoms with Crippen LogP contribution in [0.15, 0.2) is 30.3 Å². The third-order valence-corrected chi connectivity index (χ3v) is 2.83. The van der Waals surface area contributed by atoms with Crippen molar-refractivity contribution in [3.63, 3.8) is 0 Å². The standard InChI is InChI=1S/C13H18O2/c1-9(2)12(10(3)13(14)15)11-7-5-4-6-8-11/h4-10,12H,1-3H3,(H,14,15). The van der Waals surface area contributed by atoms with Gasteiger partial charge in [0, 0.05) is 0 Å². The SMILES string of the molecule is CC(C)C(c1ccccc1)C(C)C(=O)O. The molecule has 0 saturated heterocycles. The molecular formula is C13H18O2. The summed E-state index contributed by atoms with van der Waals surface area (Å²) in [6, 6.07) is 9.87. The van der Waals surface area contributed by atoms with Gasteiger partial charge in [-0.1, -0.05) is 51.1 Å². The lowest BCUT2D eigenvalue weighted by Crippen LogP contribution is -2.23. The molecule has 2 nitrogen and oxygen atoms in total. The average Bonchev–Trinajstić information content (AvgIpc) is 2.18. The Bertz CT molecular complexity index is 317. The summed E-state index contributed by atoms with van der Waals surface area (Å²) in [6.45, 7) is 5.91. The number of rotatable bonds is 4. The first-order valence-corrected chi connectivity index (χ1v) is 5.31. The topological polar surface area (TPSA) is 37.3 Å². The maximum atomic E-state index is 11.0. The smallest absolute Gasteiger partial charge is 0.306 e. The summed E-state index contributed by atoms with van der Waals surface area (Å²) >= 11 is 0. The molecule has 15 heavy (non-hydrogen) atoms. The van der Waals surface area contributed by atoms with E-state index in [9.17, 15) is 4.79 Å². The highest BCUT2D eigenvalue weighted by molar-refractivity contribution is 5.71. The summed E-state index contributed by atoms with van der Waals surface area (Å²) in [7, 11) is 0. The molecule has 1 N–H and O–H groups in total. The Morgan fingerprint density at radius 2 is 1.67 bits per heavy atom. The first-order valence-electron chi connectivity index (χ1n) is 5.31. The molecule has 2 heteroatoms. The van der Waals surface area contributed by atoms with Crippen molar-refractivity contribution in [1.82, 2.24) is 0 Å². The lowest BCUT2D eigenvalue weighted by atomic mass is 9.79. The number of benzene rings is 1. The molecule has 0 aromatic heterocycles. The van der Waals surface area contributed by atoms with Crippen molar-refractivity contribution in [2.45, 2.75) is 26.7 Å². The van der Waals surface area contributed by atoms with Crippen molar-refractivity contribution >= 4 is 5.97 Å². The van der Waals surface area contributed by atoms with E-state index in [1.54, 1.807) is 6.92 Å². The van der Waals surface area contributed by atoms with E-state index in [-0.39, 0.29) is 11.8 Å². The van der Waals surface area contributed by atoms with Crippen LogP contribution in [0.1, 0.15) is 32.3 Å². The van der Waals surface area contributed by atoms with Gasteiger partial charge in [-0.2, -0.15) is 0 Å². The minimum absolute atomic E-state index is 0.0868. The third kappa shape index (κ3) is 2.82. The van der Waals surface area contributed by atoms with Gasteiger partial charge >= 0.3 is 5.97 Å². The van der Waals surface area contributed by atoms with Gasteiger partial charge in [0.05, 0.1) is 5.92 Å². The predicted octanol–water partition coefficient (Wildman–Crippen LogP) is 3.15. The van der Waals surface area contributed by atoms with E-state index in [2.05, 4.69) is 13.8 Å². The number of carboxylic acids is 1. The fourth-order valence-corrected chi connectivity index (χ4v) is 2.08. The molecule has 2 unspecified atom stereocenters. The van der Waals surface area contributed by atoms with Gasteiger partial charge in [0.2, 0.25) is 0 Å². The average molecular weight is 206 g/mol. The number of hydrogen-bond acceptors (Lipinski definition) is 1. The van der Waals surface area contributed by atoms with E-state index >= 15 is 0 Å². The van der Waals surface area contributed by atoms with E-state index < -0.39 is 5.97 Å². The van der Waals surface area contributed by atoms with Crippen molar-refractivity contribution in [2.24, 2.45) is 11.8 Å². The summed E-state index contributed by atoms with van der Waals surface area (Å²) in [5.74, 6) is -0.646. The summed E-state index contributed by atoms with van der Waals surface area (Å²) in [4.78, 5) is 11.0. The van der Waals surface area contributed by atoms with E-state index in [1.165, 1.54) is 0 Å². The van der Waals surface area contributed by atoms with Crippen molar-refractivity contribution in [1.29, 1.82) is 0 Å². The molecule has 0 bridgehead atoms. The monoisotopic (exact) mass is 206 g/mol. The largest absolute Gasteiger partial charge is 0.481 e. The van der Waals surface area contributed by atoms with Crippen molar-refractivity contribution < 1.29 is 9.90 Å². The molecule has 0 heterocycles.